The van der Waals surface area contributed by atoms with E-state index in [2.05, 4.69) is 13.8 Å². The predicted octanol–water partition coefficient (Wildman–Crippen LogP) is 2.37. The summed E-state index contributed by atoms with van der Waals surface area (Å²) in [5.41, 5.74) is 1.07. The maximum absolute atomic E-state index is 12.4. The van der Waals surface area contributed by atoms with E-state index in [-0.39, 0.29) is 31.1 Å². The highest BCUT2D eigenvalue weighted by Crippen LogP contribution is 2.28. The van der Waals surface area contributed by atoms with Crippen molar-refractivity contribution in [3.8, 4) is 5.75 Å². The number of carbonyl (C=O) groups excluding carboxylic acids is 2. The lowest BCUT2D eigenvalue weighted by atomic mass is 10.0. The fourth-order valence-corrected chi connectivity index (χ4v) is 3.55. The Morgan fingerprint density at radius 2 is 2.00 bits per heavy atom. The van der Waals surface area contributed by atoms with Crippen LogP contribution >= 0.6 is 0 Å². The smallest absolute Gasteiger partial charge is 0.327 e. The number of urea groups is 1. The number of hydrogen-bond acceptors (Lipinski definition) is 4. The van der Waals surface area contributed by atoms with Crippen LogP contribution in [0.3, 0.4) is 0 Å². The maximum Gasteiger partial charge on any atom is 0.327 e. The Hall–Kier alpha value is -2.08. The highest BCUT2D eigenvalue weighted by atomic mass is 16.5. The van der Waals surface area contributed by atoms with Gasteiger partial charge in [0.1, 0.15) is 24.5 Å². The first-order chi connectivity index (χ1) is 12.0. The second-order valence-corrected chi connectivity index (χ2v) is 7.09. The van der Waals surface area contributed by atoms with Crippen molar-refractivity contribution in [1.82, 2.24) is 9.80 Å². The summed E-state index contributed by atoms with van der Waals surface area (Å²) in [5.74, 6) is 0.852. The van der Waals surface area contributed by atoms with E-state index in [0.717, 1.165) is 30.6 Å². The number of piperidine rings is 1. The van der Waals surface area contributed by atoms with E-state index >= 15 is 0 Å². The molecule has 0 aliphatic carbocycles. The van der Waals surface area contributed by atoms with E-state index in [0.29, 0.717) is 12.5 Å². The number of β-amino-alcohol motifs (C(OH)–C–C–N with tert-alkyl or cyclic N) is 1. The van der Waals surface area contributed by atoms with Crippen LogP contribution in [-0.4, -0.2) is 58.7 Å². The van der Waals surface area contributed by atoms with Gasteiger partial charge in [0.25, 0.3) is 5.91 Å². The van der Waals surface area contributed by atoms with Crippen LogP contribution in [0.15, 0.2) is 24.3 Å². The molecule has 0 radical (unpaired) electrons. The van der Waals surface area contributed by atoms with Crippen molar-refractivity contribution in [3.63, 3.8) is 0 Å². The Balaban J connectivity index is 1.59. The Kier molecular flexibility index (Phi) is 5.27. The number of benzene rings is 1. The minimum Gasteiger partial charge on any atom is -0.491 e. The molecule has 3 amide bonds. The van der Waals surface area contributed by atoms with E-state index < -0.39 is 6.10 Å². The molecule has 0 spiro atoms. The largest absolute Gasteiger partial charge is 0.491 e. The quantitative estimate of drug-likeness (QED) is 0.803. The monoisotopic (exact) mass is 346 g/mol. The molecule has 6 heteroatoms. The van der Waals surface area contributed by atoms with Gasteiger partial charge in [-0.3, -0.25) is 9.69 Å². The molecule has 2 fully saturated rings. The fourth-order valence-electron chi connectivity index (χ4n) is 3.55. The molecular weight excluding hydrogens is 320 g/mol. The molecule has 25 heavy (non-hydrogen) atoms. The van der Waals surface area contributed by atoms with Crippen LogP contribution in [0.4, 0.5) is 4.79 Å². The molecule has 0 bridgehead atoms. The van der Waals surface area contributed by atoms with Crippen LogP contribution in [0.25, 0.3) is 0 Å². The summed E-state index contributed by atoms with van der Waals surface area (Å²) in [5, 5.41) is 10.3. The topological polar surface area (TPSA) is 70.1 Å². The second kappa shape index (κ2) is 7.44. The predicted molar refractivity (Wildman–Crippen MR) is 93.5 cm³/mol. The summed E-state index contributed by atoms with van der Waals surface area (Å²) in [7, 11) is 0. The van der Waals surface area contributed by atoms with Crippen LogP contribution in [0.1, 0.15) is 44.6 Å². The molecule has 136 valence electrons. The summed E-state index contributed by atoms with van der Waals surface area (Å²) in [4.78, 5) is 27.6. The van der Waals surface area contributed by atoms with E-state index in [1.165, 1.54) is 4.90 Å². The number of aliphatic hydroxyl groups excluding tert-OH is 1. The highest BCUT2D eigenvalue weighted by molar-refractivity contribution is 6.04. The summed E-state index contributed by atoms with van der Waals surface area (Å²) in [6.07, 6.45) is 1.71. The summed E-state index contributed by atoms with van der Waals surface area (Å²) in [6, 6.07) is 7.09. The van der Waals surface area contributed by atoms with E-state index in [4.69, 9.17) is 4.74 Å². The molecule has 2 heterocycles. The third kappa shape index (κ3) is 3.63. The molecular formula is C19H26N2O4. The zero-order chi connectivity index (χ0) is 18.0. The average molecular weight is 346 g/mol. The van der Waals surface area contributed by atoms with Crippen LogP contribution in [0.2, 0.25) is 0 Å². The standard InChI is InChI=1S/C19H26N2O4/c1-13(2)15-7-3-4-9-17(15)25-12-14(22)11-21-18(23)16-8-5-6-10-20(16)19(21)24/h3-4,7,9,13-14,16,22H,5-6,8,10-12H2,1-2H3/t14-,16-/m0/s1. The van der Waals surface area contributed by atoms with Crippen molar-refractivity contribution in [2.75, 3.05) is 19.7 Å². The molecule has 6 nitrogen and oxygen atoms in total. The van der Waals surface area contributed by atoms with Crippen LogP contribution in [-0.2, 0) is 4.79 Å². The third-order valence-electron chi connectivity index (χ3n) is 4.90. The van der Waals surface area contributed by atoms with Crippen molar-refractivity contribution in [1.29, 1.82) is 0 Å². The third-order valence-corrected chi connectivity index (χ3v) is 4.90. The van der Waals surface area contributed by atoms with Gasteiger partial charge in [0, 0.05) is 6.54 Å². The number of hydrogen-bond donors (Lipinski definition) is 1. The van der Waals surface area contributed by atoms with Crippen molar-refractivity contribution < 1.29 is 19.4 Å². The zero-order valence-electron chi connectivity index (χ0n) is 14.9. The second-order valence-electron chi connectivity index (χ2n) is 7.09. The molecule has 2 aliphatic rings. The van der Waals surface area contributed by atoms with Crippen LogP contribution in [0, 0.1) is 0 Å². The molecule has 1 aromatic rings. The number of rotatable bonds is 6. The van der Waals surface area contributed by atoms with Gasteiger partial charge in [-0.25, -0.2) is 4.79 Å². The van der Waals surface area contributed by atoms with Crippen LogP contribution < -0.4 is 4.74 Å². The molecule has 0 saturated carbocycles. The molecule has 0 unspecified atom stereocenters. The normalized spacial score (nSPS) is 21.7. The maximum atomic E-state index is 12.4. The van der Waals surface area contributed by atoms with Crippen molar-refractivity contribution in [2.24, 2.45) is 0 Å². The van der Waals surface area contributed by atoms with Gasteiger partial charge < -0.3 is 14.7 Å². The van der Waals surface area contributed by atoms with E-state index in [1.54, 1.807) is 4.90 Å². The SMILES string of the molecule is CC(C)c1ccccc1OC[C@@H](O)CN1C(=O)[C@@H]2CCCCN2C1=O. The molecule has 1 N–H and O–H groups in total. The van der Waals surface area contributed by atoms with Crippen molar-refractivity contribution in [3.05, 3.63) is 29.8 Å². The van der Waals surface area contributed by atoms with Gasteiger partial charge in [-0.05, 0) is 36.8 Å². The molecule has 0 aromatic heterocycles. The minimum absolute atomic E-state index is 0.0193. The lowest BCUT2D eigenvalue weighted by molar-refractivity contribution is -0.129. The number of ether oxygens (including phenoxy) is 1. The number of imide groups is 1. The fraction of sp³-hybridized carbons (Fsp3) is 0.579. The lowest BCUT2D eigenvalue weighted by Crippen LogP contribution is -2.40. The summed E-state index contributed by atoms with van der Waals surface area (Å²) < 4.78 is 5.75. The molecule has 2 aliphatic heterocycles. The number of para-hydroxylation sites is 1. The lowest BCUT2D eigenvalue weighted by Gasteiger charge is -2.26. The van der Waals surface area contributed by atoms with Gasteiger partial charge in [0.05, 0.1) is 6.54 Å². The Morgan fingerprint density at radius 3 is 2.72 bits per heavy atom. The Morgan fingerprint density at radius 1 is 1.24 bits per heavy atom. The molecule has 2 atom stereocenters. The van der Waals surface area contributed by atoms with Gasteiger partial charge in [-0.15, -0.1) is 0 Å². The van der Waals surface area contributed by atoms with Crippen molar-refractivity contribution >= 4 is 11.9 Å². The van der Waals surface area contributed by atoms with E-state index in [1.807, 2.05) is 24.3 Å². The number of nitrogens with zero attached hydrogens (tertiary/aromatic N) is 2. The van der Waals surface area contributed by atoms with Crippen LogP contribution in [0.5, 0.6) is 5.75 Å². The molecule has 2 saturated heterocycles. The van der Waals surface area contributed by atoms with Gasteiger partial charge in [0.2, 0.25) is 0 Å². The summed E-state index contributed by atoms with van der Waals surface area (Å²) >= 11 is 0. The molecule has 3 rings (SSSR count). The number of amides is 3. The Bertz CT molecular complexity index is 622. The van der Waals surface area contributed by atoms with Gasteiger partial charge in [-0.1, -0.05) is 32.0 Å². The van der Waals surface area contributed by atoms with Gasteiger partial charge in [-0.2, -0.15) is 0 Å². The number of fused-ring (bicyclic) bond motifs is 1. The molecule has 1 aromatic carbocycles. The first kappa shape index (κ1) is 17.7. The first-order valence-electron chi connectivity index (χ1n) is 9.00. The van der Waals surface area contributed by atoms with E-state index in [9.17, 15) is 14.7 Å². The minimum atomic E-state index is -0.908. The summed E-state index contributed by atoms with van der Waals surface area (Å²) in [6.45, 7) is 4.81. The number of aliphatic hydroxyl groups is 1. The zero-order valence-corrected chi connectivity index (χ0v) is 14.9. The average Bonchev–Trinajstić information content (AvgIpc) is 2.85. The van der Waals surface area contributed by atoms with Crippen molar-refractivity contribution in [2.45, 2.75) is 51.2 Å². The highest BCUT2D eigenvalue weighted by Gasteiger charge is 2.46. The Labute approximate surface area is 148 Å². The van der Waals surface area contributed by atoms with Gasteiger partial charge >= 0.3 is 6.03 Å². The van der Waals surface area contributed by atoms with Gasteiger partial charge in [0.15, 0.2) is 0 Å². The number of carbonyl (C=O) groups is 2. The first-order valence-corrected chi connectivity index (χ1v) is 9.00.